The molecule has 0 saturated carbocycles. The van der Waals surface area contributed by atoms with Crippen molar-refractivity contribution < 1.29 is 14.3 Å². The molecule has 3 N–H and O–H groups in total. The molecule has 0 aliphatic carbocycles. The highest BCUT2D eigenvalue weighted by atomic mass is 16.5. The molecule has 24 heavy (non-hydrogen) atoms. The van der Waals surface area contributed by atoms with E-state index in [4.69, 9.17) is 10.5 Å². The standard InChI is InChI=1S/C18H27N3O3/c1-13-10-15(18(23)20-7-6-19)11-14(2)17(13)24-12-16(22)21-8-4-3-5-9-21/h10-11H,3-9,12,19H2,1-2H3,(H,20,23). The van der Waals surface area contributed by atoms with E-state index in [1.165, 1.54) is 6.42 Å². The highest BCUT2D eigenvalue weighted by molar-refractivity contribution is 5.94. The fourth-order valence-corrected chi connectivity index (χ4v) is 2.97. The number of nitrogens with two attached hydrogens (primary N) is 1. The fourth-order valence-electron chi connectivity index (χ4n) is 2.97. The molecule has 0 unspecified atom stereocenters. The van der Waals surface area contributed by atoms with Gasteiger partial charge in [-0.2, -0.15) is 0 Å². The Balaban J connectivity index is 2.00. The number of amides is 2. The molecule has 1 saturated heterocycles. The number of carbonyl (C=O) groups excluding carboxylic acids is 2. The summed E-state index contributed by atoms with van der Waals surface area (Å²) in [5, 5.41) is 2.75. The van der Waals surface area contributed by atoms with E-state index in [9.17, 15) is 9.59 Å². The fraction of sp³-hybridized carbons (Fsp3) is 0.556. The van der Waals surface area contributed by atoms with Gasteiger partial charge >= 0.3 is 0 Å². The lowest BCUT2D eigenvalue weighted by molar-refractivity contribution is -0.134. The largest absolute Gasteiger partial charge is 0.483 e. The highest BCUT2D eigenvalue weighted by Crippen LogP contribution is 2.25. The Labute approximate surface area is 143 Å². The topological polar surface area (TPSA) is 84.7 Å². The maximum Gasteiger partial charge on any atom is 0.260 e. The second kappa shape index (κ2) is 8.68. The first-order valence-corrected chi connectivity index (χ1v) is 8.53. The third kappa shape index (κ3) is 4.71. The van der Waals surface area contributed by atoms with Gasteiger partial charge < -0.3 is 20.7 Å². The van der Waals surface area contributed by atoms with Gasteiger partial charge in [-0.15, -0.1) is 0 Å². The van der Waals surface area contributed by atoms with Gasteiger partial charge in [0.2, 0.25) is 0 Å². The molecule has 0 aromatic heterocycles. The number of nitrogens with zero attached hydrogens (tertiary/aromatic N) is 1. The first-order valence-electron chi connectivity index (χ1n) is 8.53. The molecule has 1 aromatic rings. The third-order valence-electron chi connectivity index (χ3n) is 4.20. The van der Waals surface area contributed by atoms with Crippen molar-refractivity contribution >= 4 is 11.8 Å². The van der Waals surface area contributed by atoms with Gasteiger partial charge in [0, 0.05) is 31.7 Å². The highest BCUT2D eigenvalue weighted by Gasteiger charge is 2.18. The third-order valence-corrected chi connectivity index (χ3v) is 4.20. The maximum absolute atomic E-state index is 12.2. The van der Waals surface area contributed by atoms with E-state index in [1.54, 1.807) is 12.1 Å². The van der Waals surface area contributed by atoms with Crippen LogP contribution in [-0.4, -0.2) is 49.5 Å². The monoisotopic (exact) mass is 333 g/mol. The number of nitrogens with one attached hydrogen (secondary N) is 1. The van der Waals surface area contributed by atoms with Crippen molar-refractivity contribution in [3.8, 4) is 5.75 Å². The predicted octanol–water partition coefficient (Wildman–Crippen LogP) is 1.38. The zero-order valence-electron chi connectivity index (χ0n) is 14.6. The molecule has 1 aliphatic rings. The molecule has 2 rings (SSSR count). The van der Waals surface area contributed by atoms with Crippen LogP contribution >= 0.6 is 0 Å². The Morgan fingerprint density at radius 2 is 1.79 bits per heavy atom. The van der Waals surface area contributed by atoms with Crippen LogP contribution < -0.4 is 15.8 Å². The summed E-state index contributed by atoms with van der Waals surface area (Å²) in [5.41, 5.74) is 7.67. The molecule has 6 nitrogen and oxygen atoms in total. The molecule has 1 aromatic carbocycles. The van der Waals surface area contributed by atoms with E-state index < -0.39 is 0 Å². The van der Waals surface area contributed by atoms with Crippen LogP contribution in [-0.2, 0) is 4.79 Å². The van der Waals surface area contributed by atoms with Gasteiger partial charge in [-0.3, -0.25) is 9.59 Å². The quantitative estimate of drug-likeness (QED) is 0.824. The number of hydrogen-bond acceptors (Lipinski definition) is 4. The molecular weight excluding hydrogens is 306 g/mol. The van der Waals surface area contributed by atoms with Crippen molar-refractivity contribution in [3.05, 3.63) is 28.8 Å². The smallest absolute Gasteiger partial charge is 0.260 e. The molecule has 1 fully saturated rings. The number of piperidine rings is 1. The van der Waals surface area contributed by atoms with Crippen molar-refractivity contribution in [1.82, 2.24) is 10.2 Å². The van der Waals surface area contributed by atoms with E-state index in [2.05, 4.69) is 5.32 Å². The Morgan fingerprint density at radius 1 is 1.17 bits per heavy atom. The minimum Gasteiger partial charge on any atom is -0.483 e. The van der Waals surface area contributed by atoms with Gasteiger partial charge in [-0.1, -0.05) is 0 Å². The summed E-state index contributed by atoms with van der Waals surface area (Å²) in [6, 6.07) is 3.55. The van der Waals surface area contributed by atoms with Gasteiger partial charge in [0.15, 0.2) is 6.61 Å². The van der Waals surface area contributed by atoms with Gasteiger partial charge in [0.05, 0.1) is 0 Å². The minimum absolute atomic E-state index is 0.0262. The summed E-state index contributed by atoms with van der Waals surface area (Å²) in [6.45, 7) is 6.30. The lowest BCUT2D eigenvalue weighted by Gasteiger charge is -2.26. The van der Waals surface area contributed by atoms with E-state index in [0.717, 1.165) is 37.1 Å². The summed E-state index contributed by atoms with van der Waals surface area (Å²) < 4.78 is 5.76. The summed E-state index contributed by atoms with van der Waals surface area (Å²) in [5.74, 6) is 0.552. The summed E-state index contributed by atoms with van der Waals surface area (Å²) >= 11 is 0. The number of likely N-dealkylation sites (tertiary alicyclic amines) is 1. The van der Waals surface area contributed by atoms with E-state index in [0.29, 0.717) is 24.4 Å². The van der Waals surface area contributed by atoms with Crippen LogP contribution in [0, 0.1) is 13.8 Å². The van der Waals surface area contributed by atoms with Crippen LogP contribution in [0.25, 0.3) is 0 Å². The Bertz CT molecular complexity index is 572. The lowest BCUT2D eigenvalue weighted by Crippen LogP contribution is -2.38. The predicted molar refractivity (Wildman–Crippen MR) is 93.2 cm³/mol. The number of ether oxygens (including phenoxy) is 1. The van der Waals surface area contributed by atoms with Crippen LogP contribution in [0.2, 0.25) is 0 Å². The summed E-state index contributed by atoms with van der Waals surface area (Å²) in [7, 11) is 0. The Kier molecular flexibility index (Phi) is 6.61. The number of carbonyl (C=O) groups is 2. The van der Waals surface area contributed by atoms with Crippen LogP contribution in [0.4, 0.5) is 0 Å². The molecule has 0 bridgehead atoms. The second-order valence-corrected chi connectivity index (χ2v) is 6.21. The second-order valence-electron chi connectivity index (χ2n) is 6.21. The molecule has 1 aliphatic heterocycles. The molecule has 0 atom stereocenters. The van der Waals surface area contributed by atoms with Crippen LogP contribution in [0.15, 0.2) is 12.1 Å². The molecule has 0 spiro atoms. The molecular formula is C18H27N3O3. The van der Waals surface area contributed by atoms with Crippen molar-refractivity contribution in [3.63, 3.8) is 0 Å². The van der Waals surface area contributed by atoms with Gasteiger partial charge in [-0.25, -0.2) is 0 Å². The van der Waals surface area contributed by atoms with E-state index in [1.807, 2.05) is 18.7 Å². The summed E-state index contributed by atoms with van der Waals surface area (Å²) in [4.78, 5) is 26.1. The van der Waals surface area contributed by atoms with Crippen LogP contribution in [0.5, 0.6) is 5.75 Å². The van der Waals surface area contributed by atoms with E-state index >= 15 is 0 Å². The van der Waals surface area contributed by atoms with Gasteiger partial charge in [0.25, 0.3) is 11.8 Å². The zero-order valence-corrected chi connectivity index (χ0v) is 14.6. The summed E-state index contributed by atoms with van der Waals surface area (Å²) in [6.07, 6.45) is 3.32. The number of rotatable bonds is 6. The lowest BCUT2D eigenvalue weighted by atomic mass is 10.1. The average Bonchev–Trinajstić information content (AvgIpc) is 2.59. The molecule has 132 valence electrons. The maximum atomic E-state index is 12.2. The number of benzene rings is 1. The first-order chi connectivity index (χ1) is 11.5. The number of hydrogen-bond donors (Lipinski definition) is 2. The zero-order chi connectivity index (χ0) is 17.5. The first kappa shape index (κ1) is 18.3. The van der Waals surface area contributed by atoms with E-state index in [-0.39, 0.29) is 18.4 Å². The van der Waals surface area contributed by atoms with Gasteiger partial charge in [-0.05, 0) is 56.4 Å². The minimum atomic E-state index is -0.150. The molecule has 6 heteroatoms. The average molecular weight is 333 g/mol. The Hall–Kier alpha value is -2.08. The van der Waals surface area contributed by atoms with Gasteiger partial charge in [0.1, 0.15) is 5.75 Å². The van der Waals surface area contributed by atoms with Crippen molar-refractivity contribution in [2.45, 2.75) is 33.1 Å². The molecule has 0 radical (unpaired) electrons. The SMILES string of the molecule is Cc1cc(C(=O)NCCN)cc(C)c1OCC(=O)N1CCCCC1. The van der Waals surface area contributed by atoms with Crippen LogP contribution in [0.1, 0.15) is 40.7 Å². The molecule has 1 heterocycles. The Morgan fingerprint density at radius 3 is 2.38 bits per heavy atom. The van der Waals surface area contributed by atoms with Crippen molar-refractivity contribution in [2.75, 3.05) is 32.8 Å². The molecule has 2 amide bonds. The van der Waals surface area contributed by atoms with Crippen molar-refractivity contribution in [1.29, 1.82) is 0 Å². The number of aryl methyl sites for hydroxylation is 2. The van der Waals surface area contributed by atoms with Crippen molar-refractivity contribution in [2.24, 2.45) is 5.73 Å². The normalized spacial score (nSPS) is 14.4. The van der Waals surface area contributed by atoms with Crippen LogP contribution in [0.3, 0.4) is 0 Å².